The van der Waals surface area contributed by atoms with Gasteiger partial charge in [-0.15, -0.1) is 0 Å². The third kappa shape index (κ3) is 3.23. The summed E-state index contributed by atoms with van der Waals surface area (Å²) in [6.45, 7) is 3.45. The topological polar surface area (TPSA) is 81.2 Å². The van der Waals surface area contributed by atoms with Crippen molar-refractivity contribution in [1.82, 2.24) is 9.97 Å². The zero-order valence-corrected chi connectivity index (χ0v) is 12.3. The SMILES string of the molecule is COc1c(Cl)ncnc1NCC(C)(C)S(C)(=O)=O. The maximum atomic E-state index is 11.6. The summed E-state index contributed by atoms with van der Waals surface area (Å²) in [7, 11) is -1.74. The number of anilines is 1. The fourth-order valence-electron chi connectivity index (χ4n) is 1.09. The molecule has 0 saturated heterocycles. The van der Waals surface area contributed by atoms with E-state index >= 15 is 0 Å². The molecule has 0 atom stereocenters. The van der Waals surface area contributed by atoms with Crippen LogP contribution in [0.5, 0.6) is 5.75 Å². The van der Waals surface area contributed by atoms with Gasteiger partial charge in [0.05, 0.1) is 11.9 Å². The summed E-state index contributed by atoms with van der Waals surface area (Å²) in [4.78, 5) is 7.74. The number of nitrogens with zero attached hydrogens (tertiary/aromatic N) is 2. The van der Waals surface area contributed by atoms with Crippen molar-refractivity contribution < 1.29 is 13.2 Å². The van der Waals surface area contributed by atoms with E-state index in [9.17, 15) is 8.42 Å². The van der Waals surface area contributed by atoms with Crippen molar-refractivity contribution in [3.63, 3.8) is 0 Å². The molecule has 0 aliphatic carbocycles. The number of halogens is 1. The number of aromatic nitrogens is 2. The minimum Gasteiger partial charge on any atom is -0.490 e. The van der Waals surface area contributed by atoms with Crippen molar-refractivity contribution in [2.45, 2.75) is 18.6 Å². The van der Waals surface area contributed by atoms with E-state index in [-0.39, 0.29) is 11.7 Å². The number of rotatable bonds is 5. The van der Waals surface area contributed by atoms with Crippen molar-refractivity contribution in [2.24, 2.45) is 0 Å². The van der Waals surface area contributed by atoms with Gasteiger partial charge in [0.25, 0.3) is 0 Å². The van der Waals surface area contributed by atoms with E-state index in [0.717, 1.165) is 0 Å². The van der Waals surface area contributed by atoms with E-state index in [2.05, 4.69) is 15.3 Å². The highest BCUT2D eigenvalue weighted by Gasteiger charge is 2.30. The summed E-state index contributed by atoms with van der Waals surface area (Å²) in [5.41, 5.74) is 0. The van der Waals surface area contributed by atoms with Gasteiger partial charge in [0.1, 0.15) is 6.33 Å². The number of ether oxygens (including phenoxy) is 1. The van der Waals surface area contributed by atoms with E-state index in [1.807, 2.05) is 0 Å². The highest BCUT2D eigenvalue weighted by atomic mass is 35.5. The molecular weight excluding hydrogens is 278 g/mol. The summed E-state index contributed by atoms with van der Waals surface area (Å²) in [6.07, 6.45) is 2.47. The van der Waals surface area contributed by atoms with E-state index in [1.165, 1.54) is 19.7 Å². The van der Waals surface area contributed by atoms with Gasteiger partial charge < -0.3 is 10.1 Å². The average molecular weight is 294 g/mol. The van der Waals surface area contributed by atoms with Crippen LogP contribution < -0.4 is 10.1 Å². The number of hydrogen-bond acceptors (Lipinski definition) is 6. The molecule has 102 valence electrons. The van der Waals surface area contributed by atoms with Crippen LogP contribution in [-0.2, 0) is 9.84 Å². The molecule has 0 aromatic carbocycles. The standard InChI is InChI=1S/C10H16ClN3O3S/c1-10(2,18(4,15)16)5-12-9-7(17-3)8(11)13-6-14-9/h6H,5H2,1-4H3,(H,12,13,14). The van der Waals surface area contributed by atoms with Crippen LogP contribution in [0.1, 0.15) is 13.8 Å². The highest BCUT2D eigenvalue weighted by molar-refractivity contribution is 7.92. The molecule has 0 aliphatic rings. The molecule has 1 rings (SSSR count). The minimum atomic E-state index is -3.18. The first-order chi connectivity index (χ1) is 8.19. The number of methoxy groups -OCH3 is 1. The van der Waals surface area contributed by atoms with Crippen LogP contribution in [0, 0.1) is 0 Å². The molecule has 8 heteroatoms. The van der Waals surface area contributed by atoms with Crippen molar-refractivity contribution in [1.29, 1.82) is 0 Å². The monoisotopic (exact) mass is 293 g/mol. The third-order valence-corrected chi connectivity index (χ3v) is 5.07. The Hall–Kier alpha value is -1.08. The Balaban J connectivity index is 2.91. The normalized spacial score (nSPS) is 12.3. The zero-order valence-electron chi connectivity index (χ0n) is 10.7. The molecule has 18 heavy (non-hydrogen) atoms. The van der Waals surface area contributed by atoms with Crippen LogP contribution >= 0.6 is 11.6 Å². The summed E-state index contributed by atoms with van der Waals surface area (Å²) in [5, 5.41) is 3.09. The molecule has 0 fully saturated rings. The zero-order chi connectivity index (χ0) is 14.0. The average Bonchev–Trinajstić information content (AvgIpc) is 2.25. The molecule has 0 bridgehead atoms. The highest BCUT2D eigenvalue weighted by Crippen LogP contribution is 2.29. The van der Waals surface area contributed by atoms with E-state index in [4.69, 9.17) is 16.3 Å². The van der Waals surface area contributed by atoms with Gasteiger partial charge in [0, 0.05) is 12.8 Å². The first kappa shape index (κ1) is 15.0. The smallest absolute Gasteiger partial charge is 0.198 e. The minimum absolute atomic E-state index is 0.173. The van der Waals surface area contributed by atoms with Crippen molar-refractivity contribution >= 4 is 27.3 Å². The Bertz CT molecular complexity index is 531. The molecule has 1 N–H and O–H groups in total. The van der Waals surface area contributed by atoms with Crippen molar-refractivity contribution in [3.8, 4) is 5.75 Å². The van der Waals surface area contributed by atoms with Crippen molar-refractivity contribution in [2.75, 3.05) is 25.2 Å². The van der Waals surface area contributed by atoms with Gasteiger partial charge >= 0.3 is 0 Å². The summed E-state index contributed by atoms with van der Waals surface area (Å²) >= 11 is 5.84. The maximum Gasteiger partial charge on any atom is 0.198 e. The lowest BCUT2D eigenvalue weighted by atomic mass is 10.2. The number of nitrogens with one attached hydrogen (secondary N) is 1. The van der Waals surface area contributed by atoms with Gasteiger partial charge in [-0.2, -0.15) is 0 Å². The number of sulfone groups is 1. The van der Waals surface area contributed by atoms with Crippen LogP contribution in [0.2, 0.25) is 5.15 Å². The summed E-state index contributed by atoms with van der Waals surface area (Å²) in [5.74, 6) is 0.665. The lowest BCUT2D eigenvalue weighted by Crippen LogP contribution is -2.38. The molecule has 0 amide bonds. The van der Waals surface area contributed by atoms with Crippen LogP contribution in [0.4, 0.5) is 5.82 Å². The fraction of sp³-hybridized carbons (Fsp3) is 0.600. The quantitative estimate of drug-likeness (QED) is 0.826. The first-order valence-corrected chi connectivity index (χ1v) is 7.44. The molecule has 1 aromatic heterocycles. The maximum absolute atomic E-state index is 11.6. The molecule has 0 saturated carbocycles. The molecule has 0 radical (unpaired) electrons. The lowest BCUT2D eigenvalue weighted by molar-refractivity contribution is 0.412. The molecule has 1 heterocycles. The van der Waals surface area contributed by atoms with E-state index in [1.54, 1.807) is 13.8 Å². The lowest BCUT2D eigenvalue weighted by Gasteiger charge is -2.23. The first-order valence-electron chi connectivity index (χ1n) is 5.17. The van der Waals surface area contributed by atoms with Crippen LogP contribution in [0.3, 0.4) is 0 Å². The second-order valence-electron chi connectivity index (χ2n) is 4.43. The Kier molecular flexibility index (Phi) is 4.39. The van der Waals surface area contributed by atoms with Gasteiger partial charge in [-0.1, -0.05) is 11.6 Å². The Morgan fingerprint density at radius 3 is 2.56 bits per heavy atom. The predicted octanol–water partition coefficient (Wildman–Crippen LogP) is 1.37. The molecule has 0 aliphatic heterocycles. The Labute approximate surface area is 112 Å². The van der Waals surface area contributed by atoms with E-state index < -0.39 is 14.6 Å². The van der Waals surface area contributed by atoms with Crippen LogP contribution in [0.25, 0.3) is 0 Å². The second kappa shape index (κ2) is 5.27. The van der Waals surface area contributed by atoms with Crippen LogP contribution in [-0.4, -0.2) is 43.0 Å². The van der Waals surface area contributed by atoms with Gasteiger partial charge in [0.2, 0.25) is 0 Å². The van der Waals surface area contributed by atoms with Gasteiger partial charge in [-0.3, -0.25) is 0 Å². The van der Waals surface area contributed by atoms with Gasteiger partial charge in [-0.05, 0) is 13.8 Å². The second-order valence-corrected chi connectivity index (χ2v) is 7.44. The molecule has 6 nitrogen and oxygen atoms in total. The fourth-order valence-corrected chi connectivity index (χ4v) is 1.63. The Morgan fingerprint density at radius 1 is 1.44 bits per heavy atom. The molecule has 1 aromatic rings. The molecular formula is C10H16ClN3O3S. The summed E-state index contributed by atoms with van der Waals surface area (Å²) in [6, 6.07) is 0. The molecule has 0 spiro atoms. The number of hydrogen-bond donors (Lipinski definition) is 1. The summed E-state index contributed by atoms with van der Waals surface area (Å²) < 4.78 is 27.3. The van der Waals surface area contributed by atoms with Gasteiger partial charge in [0.15, 0.2) is 26.6 Å². The van der Waals surface area contributed by atoms with Gasteiger partial charge in [-0.25, -0.2) is 18.4 Å². The largest absolute Gasteiger partial charge is 0.490 e. The van der Waals surface area contributed by atoms with E-state index in [0.29, 0.717) is 11.6 Å². The molecule has 0 unspecified atom stereocenters. The van der Waals surface area contributed by atoms with Crippen LogP contribution in [0.15, 0.2) is 6.33 Å². The third-order valence-electron chi connectivity index (χ3n) is 2.65. The predicted molar refractivity (Wildman–Crippen MR) is 71.0 cm³/mol. The Morgan fingerprint density at radius 2 is 2.06 bits per heavy atom. The van der Waals surface area contributed by atoms with Crippen molar-refractivity contribution in [3.05, 3.63) is 11.5 Å².